The Kier molecular flexibility index (Phi) is 4.73. The zero-order valence-electron chi connectivity index (χ0n) is 13.2. The average molecular weight is 406 g/mol. The molecule has 0 saturated carbocycles. The van der Waals surface area contributed by atoms with Crippen LogP contribution in [0.1, 0.15) is 17.8 Å². The number of carbonyl (C=O) groups is 2. The normalized spacial score (nSPS) is 17.7. The van der Waals surface area contributed by atoms with E-state index in [0.717, 1.165) is 9.35 Å². The number of allylic oxidation sites excluding steroid dienone is 1. The smallest absolute Gasteiger partial charge is 0.322 e. The van der Waals surface area contributed by atoms with Gasteiger partial charge >= 0.3 is 6.03 Å². The van der Waals surface area contributed by atoms with Crippen LogP contribution in [0.15, 0.2) is 57.5 Å². The Labute approximate surface area is 152 Å². The van der Waals surface area contributed by atoms with Gasteiger partial charge in [0.25, 0.3) is 5.91 Å². The lowest BCUT2D eigenvalue weighted by Gasteiger charge is -2.33. The number of amides is 3. The van der Waals surface area contributed by atoms with Crippen LogP contribution in [0, 0.1) is 0 Å². The van der Waals surface area contributed by atoms with Crippen molar-refractivity contribution in [2.45, 2.75) is 13.0 Å². The summed E-state index contributed by atoms with van der Waals surface area (Å²) in [5.74, 6) is -0.222. The summed E-state index contributed by atoms with van der Waals surface area (Å²) in [7, 11) is 1.65. The second-order valence-electron chi connectivity index (χ2n) is 5.42. The Bertz CT molecular complexity index is 800. The molecule has 1 aromatic heterocycles. The van der Waals surface area contributed by atoms with Crippen LogP contribution in [-0.4, -0.2) is 23.9 Å². The third-order valence-corrected chi connectivity index (χ3v) is 5.39. The molecule has 0 unspecified atom stereocenters. The molecule has 1 aromatic carbocycles. The molecule has 7 heteroatoms. The van der Waals surface area contributed by atoms with Crippen LogP contribution in [0.3, 0.4) is 0 Å². The van der Waals surface area contributed by atoms with Gasteiger partial charge in [0.1, 0.15) is 0 Å². The van der Waals surface area contributed by atoms with Crippen molar-refractivity contribution in [3.05, 3.63) is 62.4 Å². The number of anilines is 1. The van der Waals surface area contributed by atoms with Crippen LogP contribution in [-0.2, 0) is 4.79 Å². The minimum Gasteiger partial charge on any atom is -0.326 e. The number of hydrogen-bond acceptors (Lipinski definition) is 3. The number of hydrogen-bond donors (Lipinski definition) is 2. The van der Waals surface area contributed by atoms with Gasteiger partial charge in [0.2, 0.25) is 0 Å². The van der Waals surface area contributed by atoms with E-state index in [1.54, 1.807) is 14.0 Å². The largest absolute Gasteiger partial charge is 0.326 e. The molecule has 0 saturated heterocycles. The number of urea groups is 1. The number of nitrogens with zero attached hydrogens (tertiary/aromatic N) is 1. The summed E-state index contributed by atoms with van der Waals surface area (Å²) in [6, 6.07) is 10.5. The van der Waals surface area contributed by atoms with Gasteiger partial charge in [-0.25, -0.2) is 4.79 Å². The van der Waals surface area contributed by atoms with E-state index < -0.39 is 6.04 Å². The summed E-state index contributed by atoms with van der Waals surface area (Å²) in [6.45, 7) is 1.79. The molecule has 124 valence electrons. The molecule has 1 aliphatic rings. The van der Waals surface area contributed by atoms with Crippen molar-refractivity contribution in [1.82, 2.24) is 10.2 Å². The van der Waals surface area contributed by atoms with Crippen LogP contribution < -0.4 is 10.6 Å². The molecular formula is C17H16BrN3O2S. The number of benzene rings is 1. The van der Waals surface area contributed by atoms with Gasteiger partial charge in [-0.05, 0) is 42.6 Å². The van der Waals surface area contributed by atoms with E-state index in [1.807, 2.05) is 41.8 Å². The zero-order chi connectivity index (χ0) is 17.3. The van der Waals surface area contributed by atoms with Crippen molar-refractivity contribution in [2.24, 2.45) is 0 Å². The maximum atomic E-state index is 12.9. The maximum Gasteiger partial charge on any atom is 0.322 e. The zero-order valence-corrected chi connectivity index (χ0v) is 15.6. The minimum atomic E-state index is -0.441. The van der Waals surface area contributed by atoms with Crippen molar-refractivity contribution < 1.29 is 9.59 Å². The lowest BCUT2D eigenvalue weighted by atomic mass is 9.99. The molecule has 3 rings (SSSR count). The Balaban J connectivity index is 1.95. The van der Waals surface area contributed by atoms with Crippen LogP contribution in [0.25, 0.3) is 0 Å². The number of thiophene rings is 1. The molecule has 2 N–H and O–H groups in total. The molecule has 2 heterocycles. The summed E-state index contributed by atoms with van der Waals surface area (Å²) in [5, 5.41) is 7.73. The highest BCUT2D eigenvalue weighted by Gasteiger charge is 2.34. The van der Waals surface area contributed by atoms with Crippen molar-refractivity contribution in [2.75, 3.05) is 12.4 Å². The van der Waals surface area contributed by atoms with Crippen molar-refractivity contribution in [3.8, 4) is 0 Å². The first kappa shape index (κ1) is 16.7. The van der Waals surface area contributed by atoms with E-state index in [2.05, 4.69) is 26.6 Å². The topological polar surface area (TPSA) is 61.4 Å². The number of halogens is 1. The summed E-state index contributed by atoms with van der Waals surface area (Å²) in [6.07, 6.45) is 0. The molecule has 0 aliphatic carbocycles. The molecule has 0 radical (unpaired) electrons. The molecule has 0 fully saturated rings. The van der Waals surface area contributed by atoms with Gasteiger partial charge in [0, 0.05) is 27.8 Å². The van der Waals surface area contributed by atoms with Gasteiger partial charge in [0.05, 0.1) is 11.6 Å². The predicted octanol–water partition coefficient (Wildman–Crippen LogP) is 4.12. The standard InChI is InChI=1S/C17H16BrN3O2S/c1-10-14(16(22)19-12-7-5-11(18)6-8-12)15(13-4-3-9-24-13)20-17(23)21(10)2/h3-9,15H,1-2H3,(H,19,22)(H,20,23)/t15-/m0/s1. The maximum absolute atomic E-state index is 12.9. The molecular weight excluding hydrogens is 390 g/mol. The first-order chi connectivity index (χ1) is 11.5. The number of rotatable bonds is 3. The van der Waals surface area contributed by atoms with E-state index in [0.29, 0.717) is 17.0 Å². The molecule has 5 nitrogen and oxygen atoms in total. The van der Waals surface area contributed by atoms with Gasteiger partial charge in [-0.2, -0.15) is 0 Å². The Morgan fingerprint density at radius 3 is 2.62 bits per heavy atom. The fourth-order valence-electron chi connectivity index (χ4n) is 2.53. The van der Waals surface area contributed by atoms with E-state index in [4.69, 9.17) is 0 Å². The molecule has 3 amide bonds. The monoisotopic (exact) mass is 405 g/mol. The molecule has 24 heavy (non-hydrogen) atoms. The molecule has 0 spiro atoms. The van der Waals surface area contributed by atoms with E-state index >= 15 is 0 Å². The first-order valence-electron chi connectivity index (χ1n) is 7.32. The van der Waals surface area contributed by atoms with E-state index in [-0.39, 0.29) is 11.9 Å². The summed E-state index contributed by atoms with van der Waals surface area (Å²) in [5.41, 5.74) is 1.89. The van der Waals surface area contributed by atoms with Crippen molar-refractivity contribution in [1.29, 1.82) is 0 Å². The highest BCUT2D eigenvalue weighted by Crippen LogP contribution is 2.33. The quantitative estimate of drug-likeness (QED) is 0.806. The van der Waals surface area contributed by atoms with E-state index in [1.165, 1.54) is 16.2 Å². The highest BCUT2D eigenvalue weighted by molar-refractivity contribution is 9.10. The molecule has 1 aliphatic heterocycles. The summed E-state index contributed by atoms with van der Waals surface area (Å²) >= 11 is 4.88. The fourth-order valence-corrected chi connectivity index (χ4v) is 3.58. The Morgan fingerprint density at radius 1 is 1.29 bits per heavy atom. The average Bonchev–Trinajstić information content (AvgIpc) is 3.08. The lowest BCUT2D eigenvalue weighted by Crippen LogP contribution is -2.46. The molecule has 0 bridgehead atoms. The third-order valence-electron chi connectivity index (χ3n) is 3.93. The minimum absolute atomic E-state index is 0.217. The lowest BCUT2D eigenvalue weighted by molar-refractivity contribution is -0.113. The second kappa shape index (κ2) is 6.78. The van der Waals surface area contributed by atoms with Gasteiger partial charge < -0.3 is 15.5 Å². The van der Waals surface area contributed by atoms with Crippen LogP contribution in [0.5, 0.6) is 0 Å². The fraction of sp³-hybridized carbons (Fsp3) is 0.176. The van der Waals surface area contributed by atoms with Gasteiger partial charge in [0.15, 0.2) is 0 Å². The molecule has 2 aromatic rings. The van der Waals surface area contributed by atoms with Crippen LogP contribution in [0.2, 0.25) is 0 Å². The van der Waals surface area contributed by atoms with E-state index in [9.17, 15) is 9.59 Å². The number of carbonyl (C=O) groups excluding carboxylic acids is 2. The van der Waals surface area contributed by atoms with Crippen LogP contribution in [0.4, 0.5) is 10.5 Å². The van der Waals surface area contributed by atoms with Crippen molar-refractivity contribution >= 4 is 44.9 Å². The predicted molar refractivity (Wildman–Crippen MR) is 98.8 cm³/mol. The van der Waals surface area contributed by atoms with Gasteiger partial charge in [-0.15, -0.1) is 11.3 Å². The van der Waals surface area contributed by atoms with Gasteiger partial charge in [-0.1, -0.05) is 22.0 Å². The summed E-state index contributed by atoms with van der Waals surface area (Å²) in [4.78, 5) is 27.4. The van der Waals surface area contributed by atoms with Crippen LogP contribution >= 0.6 is 27.3 Å². The second-order valence-corrected chi connectivity index (χ2v) is 7.31. The highest BCUT2D eigenvalue weighted by atomic mass is 79.9. The first-order valence-corrected chi connectivity index (χ1v) is 9.00. The Morgan fingerprint density at radius 2 is 2.00 bits per heavy atom. The third kappa shape index (κ3) is 3.22. The molecule has 1 atom stereocenters. The SMILES string of the molecule is CC1=C(C(=O)Nc2ccc(Br)cc2)[C@H](c2cccs2)NC(=O)N1C. The van der Waals surface area contributed by atoms with Crippen molar-refractivity contribution in [3.63, 3.8) is 0 Å². The number of nitrogens with one attached hydrogen (secondary N) is 2. The van der Waals surface area contributed by atoms with Gasteiger partial charge in [-0.3, -0.25) is 4.79 Å². The Hall–Kier alpha value is -2.12. The summed E-state index contributed by atoms with van der Waals surface area (Å²) < 4.78 is 0.942.